The van der Waals surface area contributed by atoms with E-state index in [1.54, 1.807) is 4.44 Å². The zero-order valence-electron chi connectivity index (χ0n) is 7.60. The van der Waals surface area contributed by atoms with Gasteiger partial charge in [0.05, 0.1) is 0 Å². The van der Waals surface area contributed by atoms with Gasteiger partial charge in [0.2, 0.25) is 0 Å². The molecule has 1 atom stereocenters. The van der Waals surface area contributed by atoms with Crippen molar-refractivity contribution in [3.05, 3.63) is 57.4 Å². The van der Waals surface area contributed by atoms with Crippen molar-refractivity contribution < 1.29 is 0 Å². The van der Waals surface area contributed by atoms with Gasteiger partial charge < -0.3 is 0 Å². The Bertz CT molecular complexity index is 348. The topological polar surface area (TPSA) is 0 Å². The molecule has 0 aliphatic heterocycles. The van der Waals surface area contributed by atoms with Crippen LogP contribution in [0.1, 0.15) is 22.8 Å². The number of hydrogen-bond donors (Lipinski definition) is 0. The second kappa shape index (κ2) is 3.95. The van der Waals surface area contributed by atoms with E-state index >= 15 is 0 Å². The van der Waals surface area contributed by atoms with Crippen LogP contribution >= 0.6 is 0 Å². The molecule has 0 N–H and O–H groups in total. The van der Waals surface area contributed by atoms with E-state index in [1.807, 2.05) is 0 Å². The van der Waals surface area contributed by atoms with E-state index in [4.69, 9.17) is 0 Å². The van der Waals surface area contributed by atoms with Crippen LogP contribution in [0.15, 0.2) is 47.4 Å². The molecular formula is C12H12Se. The number of hydrogen-bond acceptors (Lipinski definition) is 0. The molecule has 66 valence electrons. The summed E-state index contributed by atoms with van der Waals surface area (Å²) < 4.78 is 1.58. The number of rotatable bonds is 2. The quantitative estimate of drug-likeness (QED) is 0.702. The molecule has 0 saturated heterocycles. The van der Waals surface area contributed by atoms with E-state index in [2.05, 4.69) is 54.3 Å². The summed E-state index contributed by atoms with van der Waals surface area (Å²) in [5, 5.41) is 0. The first kappa shape index (κ1) is 8.80. The molecule has 1 heteroatoms. The molecule has 0 aliphatic carbocycles. The summed E-state index contributed by atoms with van der Waals surface area (Å²) in [6, 6.07) is 15.2. The summed E-state index contributed by atoms with van der Waals surface area (Å²) in [7, 11) is 0. The van der Waals surface area contributed by atoms with Crippen LogP contribution in [0.5, 0.6) is 0 Å². The summed E-state index contributed by atoms with van der Waals surface area (Å²) in [6.45, 7) is 2.29. The molecule has 1 aromatic heterocycles. The molecule has 0 amide bonds. The van der Waals surface area contributed by atoms with Crippen molar-refractivity contribution in [2.45, 2.75) is 12.8 Å². The first-order valence-corrected chi connectivity index (χ1v) is 6.31. The fourth-order valence-corrected chi connectivity index (χ4v) is 3.15. The Morgan fingerprint density at radius 2 is 1.77 bits per heavy atom. The van der Waals surface area contributed by atoms with Crippen LogP contribution in [-0.4, -0.2) is 14.5 Å². The molecule has 1 heterocycles. The van der Waals surface area contributed by atoms with Crippen LogP contribution in [0.4, 0.5) is 0 Å². The Labute approximate surface area is 85.0 Å². The van der Waals surface area contributed by atoms with Gasteiger partial charge in [0.15, 0.2) is 0 Å². The van der Waals surface area contributed by atoms with Crippen molar-refractivity contribution >= 4 is 14.5 Å². The first-order valence-electron chi connectivity index (χ1n) is 4.46. The van der Waals surface area contributed by atoms with Crippen LogP contribution < -0.4 is 0 Å². The molecule has 0 bridgehead atoms. The fraction of sp³-hybridized carbons (Fsp3) is 0.167. The van der Waals surface area contributed by atoms with Crippen molar-refractivity contribution in [2.75, 3.05) is 0 Å². The molecule has 2 aromatic rings. The average Bonchev–Trinajstić information content (AvgIpc) is 2.71. The van der Waals surface area contributed by atoms with Gasteiger partial charge in [-0.25, -0.2) is 0 Å². The average molecular weight is 235 g/mol. The minimum atomic E-state index is 0.593. The molecule has 13 heavy (non-hydrogen) atoms. The molecular weight excluding hydrogens is 223 g/mol. The third kappa shape index (κ3) is 1.93. The Hall–Kier alpha value is -0.781. The van der Waals surface area contributed by atoms with E-state index in [0.717, 1.165) is 0 Å². The molecule has 0 fully saturated rings. The second-order valence-electron chi connectivity index (χ2n) is 3.15. The van der Waals surface area contributed by atoms with Crippen molar-refractivity contribution in [3.63, 3.8) is 0 Å². The predicted octanol–water partition coefficient (Wildman–Crippen LogP) is 2.90. The third-order valence-electron chi connectivity index (χ3n) is 2.27. The van der Waals surface area contributed by atoms with Crippen LogP contribution in [0.3, 0.4) is 0 Å². The number of benzene rings is 1. The maximum absolute atomic E-state index is 2.29. The normalized spacial score (nSPS) is 12.7. The van der Waals surface area contributed by atoms with Crippen molar-refractivity contribution in [2.24, 2.45) is 0 Å². The molecule has 0 aliphatic rings. The van der Waals surface area contributed by atoms with E-state index in [9.17, 15) is 0 Å². The molecule has 0 radical (unpaired) electrons. The summed E-state index contributed by atoms with van der Waals surface area (Å²) in [5.41, 5.74) is 1.43. The molecule has 0 spiro atoms. The predicted molar refractivity (Wildman–Crippen MR) is 57.3 cm³/mol. The summed E-state index contributed by atoms with van der Waals surface area (Å²) in [5.74, 6) is 0.594. The molecule has 1 aromatic carbocycles. The van der Waals surface area contributed by atoms with E-state index in [-0.39, 0.29) is 0 Å². The molecule has 1 unspecified atom stereocenters. The van der Waals surface area contributed by atoms with Gasteiger partial charge in [-0.3, -0.25) is 0 Å². The van der Waals surface area contributed by atoms with Gasteiger partial charge in [0.1, 0.15) is 0 Å². The summed E-state index contributed by atoms with van der Waals surface area (Å²) in [4.78, 5) is 2.28. The molecule has 2 rings (SSSR count). The Morgan fingerprint density at radius 1 is 1.00 bits per heavy atom. The van der Waals surface area contributed by atoms with Gasteiger partial charge in [-0.1, -0.05) is 0 Å². The minimum absolute atomic E-state index is 0.593. The molecule has 0 saturated carbocycles. The van der Waals surface area contributed by atoms with Gasteiger partial charge in [-0.05, 0) is 0 Å². The van der Waals surface area contributed by atoms with Crippen LogP contribution in [0, 0.1) is 0 Å². The summed E-state index contributed by atoms with van der Waals surface area (Å²) in [6.07, 6.45) is 0. The van der Waals surface area contributed by atoms with Crippen LogP contribution in [-0.2, 0) is 0 Å². The maximum atomic E-state index is 2.29. The Kier molecular flexibility index (Phi) is 2.68. The van der Waals surface area contributed by atoms with Crippen LogP contribution in [0.2, 0.25) is 0 Å². The van der Waals surface area contributed by atoms with Gasteiger partial charge in [-0.15, -0.1) is 0 Å². The Morgan fingerprint density at radius 3 is 2.38 bits per heavy atom. The first-order chi connectivity index (χ1) is 6.38. The van der Waals surface area contributed by atoms with Gasteiger partial charge in [0.25, 0.3) is 0 Å². The standard InChI is InChI=1S/C12H12Se/c1-10(12-8-5-9-13-12)11-6-3-2-4-7-11/h2-10H,1H3. The van der Waals surface area contributed by atoms with E-state index in [0.29, 0.717) is 20.4 Å². The summed E-state index contributed by atoms with van der Waals surface area (Å²) >= 11 is 0.593. The SMILES string of the molecule is CC(c1ccccc1)c1ccc[se]1. The van der Waals surface area contributed by atoms with Crippen molar-refractivity contribution in [3.8, 4) is 0 Å². The van der Waals surface area contributed by atoms with E-state index in [1.165, 1.54) is 5.56 Å². The molecule has 0 nitrogen and oxygen atoms in total. The second-order valence-corrected chi connectivity index (χ2v) is 5.20. The van der Waals surface area contributed by atoms with Gasteiger partial charge in [0, 0.05) is 0 Å². The monoisotopic (exact) mass is 236 g/mol. The van der Waals surface area contributed by atoms with E-state index < -0.39 is 0 Å². The third-order valence-corrected chi connectivity index (χ3v) is 4.48. The van der Waals surface area contributed by atoms with Gasteiger partial charge in [-0.2, -0.15) is 0 Å². The van der Waals surface area contributed by atoms with Crippen molar-refractivity contribution in [1.29, 1.82) is 0 Å². The van der Waals surface area contributed by atoms with Crippen molar-refractivity contribution in [1.82, 2.24) is 0 Å². The zero-order chi connectivity index (χ0) is 9.10. The van der Waals surface area contributed by atoms with Crippen LogP contribution in [0.25, 0.3) is 0 Å². The Balaban J connectivity index is 2.29. The fourth-order valence-electron chi connectivity index (χ4n) is 1.44. The zero-order valence-corrected chi connectivity index (χ0v) is 9.32. The van der Waals surface area contributed by atoms with Gasteiger partial charge >= 0.3 is 84.8 Å².